The first-order valence-corrected chi connectivity index (χ1v) is 6.74. The van der Waals surface area contributed by atoms with Crippen molar-refractivity contribution in [2.24, 2.45) is 0 Å². The molecule has 0 saturated heterocycles. The molecule has 0 amide bonds. The number of nitriles is 1. The van der Waals surface area contributed by atoms with Gasteiger partial charge in [0.2, 0.25) is 0 Å². The van der Waals surface area contributed by atoms with Gasteiger partial charge in [-0.1, -0.05) is 42.5 Å². The molecule has 0 aliphatic rings. The lowest BCUT2D eigenvalue weighted by Crippen LogP contribution is -2.13. The molecule has 0 spiro atoms. The largest absolute Gasteiger partial charge is 0.477 e. The van der Waals surface area contributed by atoms with Gasteiger partial charge in [0.05, 0.1) is 5.57 Å². The number of aliphatic carboxylic acids is 1. The molecule has 0 fully saturated rings. The molecule has 2 aromatic carbocycles. The van der Waals surface area contributed by atoms with Crippen LogP contribution in [0, 0.1) is 11.3 Å². The Balaban J connectivity index is 2.06. The number of anilines is 1. The van der Waals surface area contributed by atoms with E-state index in [9.17, 15) is 15.2 Å². The SMILES string of the molecule is N#C/C(=C(\Nc1nc2ccccc2o1)C(=O)O)c1ccccc1. The van der Waals surface area contributed by atoms with Crippen LogP contribution < -0.4 is 5.32 Å². The van der Waals surface area contributed by atoms with Crippen molar-refractivity contribution in [1.82, 2.24) is 4.98 Å². The molecule has 1 heterocycles. The first-order chi connectivity index (χ1) is 11.2. The van der Waals surface area contributed by atoms with E-state index >= 15 is 0 Å². The Hall–Kier alpha value is -3.59. The highest BCUT2D eigenvalue weighted by Gasteiger charge is 2.18. The van der Waals surface area contributed by atoms with E-state index in [2.05, 4.69) is 10.3 Å². The molecule has 0 bridgehead atoms. The zero-order valence-electron chi connectivity index (χ0n) is 11.9. The van der Waals surface area contributed by atoms with Crippen molar-refractivity contribution >= 4 is 28.7 Å². The molecule has 0 unspecified atom stereocenters. The highest BCUT2D eigenvalue weighted by Crippen LogP contribution is 2.23. The van der Waals surface area contributed by atoms with Crippen LogP contribution in [0.4, 0.5) is 6.01 Å². The van der Waals surface area contributed by atoms with E-state index < -0.39 is 5.97 Å². The van der Waals surface area contributed by atoms with Crippen molar-refractivity contribution in [2.45, 2.75) is 0 Å². The summed E-state index contributed by atoms with van der Waals surface area (Å²) in [5.41, 5.74) is 1.33. The van der Waals surface area contributed by atoms with Crippen LogP contribution >= 0.6 is 0 Å². The predicted molar refractivity (Wildman–Crippen MR) is 84.2 cm³/mol. The Labute approximate surface area is 131 Å². The van der Waals surface area contributed by atoms with Gasteiger partial charge in [0.25, 0.3) is 0 Å². The molecular formula is C17H11N3O3. The molecule has 0 aliphatic heterocycles. The van der Waals surface area contributed by atoms with E-state index in [0.717, 1.165) is 0 Å². The van der Waals surface area contributed by atoms with Gasteiger partial charge in [-0.3, -0.25) is 0 Å². The summed E-state index contributed by atoms with van der Waals surface area (Å²) in [5.74, 6) is -1.27. The summed E-state index contributed by atoms with van der Waals surface area (Å²) in [6.45, 7) is 0. The quantitative estimate of drug-likeness (QED) is 0.567. The number of nitrogens with zero attached hydrogens (tertiary/aromatic N) is 2. The Kier molecular flexibility index (Phi) is 3.77. The standard InChI is InChI=1S/C17H11N3O3/c18-10-12(11-6-2-1-3-7-11)15(16(21)22)20-17-19-13-8-4-5-9-14(13)23-17/h1-9H,(H,19,20)(H,21,22)/b15-12+. The van der Waals surface area contributed by atoms with Crippen LogP contribution in [-0.4, -0.2) is 16.1 Å². The van der Waals surface area contributed by atoms with E-state index in [1.165, 1.54) is 0 Å². The Bertz CT molecular complexity index is 903. The number of oxazole rings is 1. The number of allylic oxidation sites excluding steroid dienone is 1. The predicted octanol–water partition coefficient (Wildman–Crippen LogP) is 3.26. The number of rotatable bonds is 4. The summed E-state index contributed by atoms with van der Waals surface area (Å²) in [5, 5.41) is 21.4. The maximum atomic E-state index is 11.6. The molecule has 3 aromatic rings. The van der Waals surface area contributed by atoms with Crippen molar-refractivity contribution in [3.8, 4) is 6.07 Å². The monoisotopic (exact) mass is 305 g/mol. The molecular weight excluding hydrogens is 294 g/mol. The van der Waals surface area contributed by atoms with Crippen molar-refractivity contribution in [1.29, 1.82) is 5.26 Å². The Morgan fingerprint density at radius 1 is 1.13 bits per heavy atom. The van der Waals surface area contributed by atoms with Crippen LogP contribution in [0.2, 0.25) is 0 Å². The average Bonchev–Trinajstić information content (AvgIpc) is 2.98. The van der Waals surface area contributed by atoms with Crippen molar-refractivity contribution in [3.05, 3.63) is 65.9 Å². The van der Waals surface area contributed by atoms with Gasteiger partial charge in [0.1, 0.15) is 17.3 Å². The number of fused-ring (bicyclic) bond motifs is 1. The number of hydrogen-bond donors (Lipinski definition) is 2. The Morgan fingerprint density at radius 2 is 1.83 bits per heavy atom. The molecule has 3 rings (SSSR count). The summed E-state index contributed by atoms with van der Waals surface area (Å²) < 4.78 is 5.45. The van der Waals surface area contributed by atoms with Crippen molar-refractivity contribution < 1.29 is 14.3 Å². The summed E-state index contributed by atoms with van der Waals surface area (Å²) in [6.07, 6.45) is 0. The number of nitrogens with one attached hydrogen (secondary N) is 1. The molecule has 6 nitrogen and oxygen atoms in total. The average molecular weight is 305 g/mol. The van der Waals surface area contributed by atoms with Crippen LogP contribution in [-0.2, 0) is 4.79 Å². The summed E-state index contributed by atoms with van der Waals surface area (Å²) in [4.78, 5) is 15.7. The number of carboxylic acid groups (broad SMARTS) is 1. The number of para-hydroxylation sites is 2. The fourth-order valence-corrected chi connectivity index (χ4v) is 2.13. The van der Waals surface area contributed by atoms with Gasteiger partial charge in [0.15, 0.2) is 5.58 Å². The minimum atomic E-state index is -1.27. The van der Waals surface area contributed by atoms with Gasteiger partial charge in [-0.15, -0.1) is 0 Å². The van der Waals surface area contributed by atoms with Gasteiger partial charge in [-0.2, -0.15) is 10.2 Å². The zero-order chi connectivity index (χ0) is 16.2. The first kappa shape index (κ1) is 14.4. The molecule has 0 saturated carbocycles. The number of aromatic nitrogens is 1. The van der Waals surface area contributed by atoms with Crippen LogP contribution in [0.3, 0.4) is 0 Å². The summed E-state index contributed by atoms with van der Waals surface area (Å²) in [6, 6.07) is 17.6. The summed E-state index contributed by atoms with van der Waals surface area (Å²) in [7, 11) is 0. The molecule has 2 N–H and O–H groups in total. The van der Waals surface area contributed by atoms with Crippen LogP contribution in [0.1, 0.15) is 5.56 Å². The van der Waals surface area contributed by atoms with E-state index in [4.69, 9.17) is 4.42 Å². The number of carboxylic acids is 1. The van der Waals surface area contributed by atoms with Crippen molar-refractivity contribution in [3.63, 3.8) is 0 Å². The highest BCUT2D eigenvalue weighted by atomic mass is 16.4. The van der Waals surface area contributed by atoms with E-state index in [1.807, 2.05) is 6.07 Å². The second kappa shape index (κ2) is 6.03. The third-order valence-electron chi connectivity index (χ3n) is 3.16. The molecule has 0 radical (unpaired) electrons. The highest BCUT2D eigenvalue weighted by molar-refractivity contribution is 6.02. The number of benzene rings is 2. The molecule has 112 valence electrons. The van der Waals surface area contributed by atoms with Gasteiger partial charge in [0, 0.05) is 0 Å². The number of hydrogen-bond acceptors (Lipinski definition) is 5. The second-order valence-corrected chi connectivity index (χ2v) is 4.64. The van der Waals surface area contributed by atoms with Crippen LogP contribution in [0.5, 0.6) is 0 Å². The topological polar surface area (TPSA) is 99.2 Å². The zero-order valence-corrected chi connectivity index (χ0v) is 11.9. The smallest absolute Gasteiger partial charge is 0.353 e. The molecule has 0 aliphatic carbocycles. The molecule has 6 heteroatoms. The lowest BCUT2D eigenvalue weighted by atomic mass is 10.1. The minimum Gasteiger partial charge on any atom is -0.477 e. The lowest BCUT2D eigenvalue weighted by Gasteiger charge is -2.06. The third-order valence-corrected chi connectivity index (χ3v) is 3.16. The molecule has 0 atom stereocenters. The first-order valence-electron chi connectivity index (χ1n) is 6.74. The maximum Gasteiger partial charge on any atom is 0.353 e. The molecule has 1 aromatic heterocycles. The fraction of sp³-hybridized carbons (Fsp3) is 0. The van der Waals surface area contributed by atoms with E-state index in [-0.39, 0.29) is 17.3 Å². The third kappa shape index (κ3) is 2.89. The van der Waals surface area contributed by atoms with Crippen LogP contribution in [0.25, 0.3) is 16.7 Å². The Morgan fingerprint density at radius 3 is 2.48 bits per heavy atom. The van der Waals surface area contributed by atoms with E-state index in [1.54, 1.807) is 54.6 Å². The van der Waals surface area contributed by atoms with Gasteiger partial charge < -0.3 is 14.8 Å². The normalized spacial score (nSPS) is 11.6. The lowest BCUT2D eigenvalue weighted by molar-refractivity contribution is -0.132. The molecule has 23 heavy (non-hydrogen) atoms. The summed E-state index contributed by atoms with van der Waals surface area (Å²) >= 11 is 0. The van der Waals surface area contributed by atoms with Crippen molar-refractivity contribution in [2.75, 3.05) is 5.32 Å². The fourth-order valence-electron chi connectivity index (χ4n) is 2.13. The van der Waals surface area contributed by atoms with Gasteiger partial charge in [-0.05, 0) is 17.7 Å². The van der Waals surface area contributed by atoms with Gasteiger partial charge >= 0.3 is 12.0 Å². The van der Waals surface area contributed by atoms with E-state index in [0.29, 0.717) is 16.7 Å². The minimum absolute atomic E-state index is 0.000330. The van der Waals surface area contributed by atoms with Gasteiger partial charge in [-0.25, -0.2) is 4.79 Å². The van der Waals surface area contributed by atoms with Crippen LogP contribution in [0.15, 0.2) is 64.7 Å². The second-order valence-electron chi connectivity index (χ2n) is 4.64. The number of carbonyl (C=O) groups is 1. The maximum absolute atomic E-state index is 11.6.